The molecule has 0 aliphatic rings. The molecule has 1 N–H and O–H groups in total. The molecule has 0 bridgehead atoms. The smallest absolute Gasteiger partial charge is 0.472 e. The third-order valence-electron chi connectivity index (χ3n) is 9.55. The summed E-state index contributed by atoms with van der Waals surface area (Å²) in [5.74, 6) is -0.419. The van der Waals surface area contributed by atoms with Crippen molar-refractivity contribution in [3.63, 3.8) is 0 Å². The Hall–Kier alpha value is -2.48. The highest BCUT2D eigenvalue weighted by Crippen LogP contribution is 2.43. The van der Waals surface area contributed by atoms with Crippen LogP contribution in [0.5, 0.6) is 0 Å². The lowest BCUT2D eigenvalue weighted by molar-refractivity contribution is -0.870. The molecule has 1 unspecified atom stereocenters. The fourth-order valence-corrected chi connectivity index (χ4v) is 6.70. The van der Waals surface area contributed by atoms with E-state index in [9.17, 15) is 14.3 Å². The second-order valence-electron chi connectivity index (χ2n) is 16.5. The molecule has 0 rings (SSSR count). The van der Waals surface area contributed by atoms with Gasteiger partial charge in [-0.1, -0.05) is 183 Å². The molecule has 0 aromatic carbocycles. The second kappa shape index (κ2) is 42.2. The molecular formula is C50H89NO7P+. The quantitative estimate of drug-likeness (QED) is 0.0163. The molecule has 0 aromatic heterocycles. The molecule has 0 radical (unpaired) electrons. The number of hydrogen-bond acceptors (Lipinski definition) is 6. The van der Waals surface area contributed by atoms with E-state index < -0.39 is 19.9 Å². The Labute approximate surface area is 363 Å². The van der Waals surface area contributed by atoms with E-state index in [-0.39, 0.29) is 26.2 Å². The number of quaternary nitrogens is 1. The molecule has 0 saturated heterocycles. The van der Waals surface area contributed by atoms with Crippen LogP contribution in [-0.2, 0) is 27.9 Å². The summed E-state index contributed by atoms with van der Waals surface area (Å²) in [7, 11) is 1.58. The van der Waals surface area contributed by atoms with Crippen molar-refractivity contribution in [2.75, 3.05) is 47.5 Å². The summed E-state index contributed by atoms with van der Waals surface area (Å²) in [6, 6.07) is 0. The molecule has 0 aromatic rings. The van der Waals surface area contributed by atoms with Gasteiger partial charge in [-0.2, -0.15) is 0 Å². The lowest BCUT2D eigenvalue weighted by Gasteiger charge is -2.24. The van der Waals surface area contributed by atoms with Gasteiger partial charge in [0.25, 0.3) is 0 Å². The third kappa shape index (κ3) is 46.4. The van der Waals surface area contributed by atoms with E-state index in [0.29, 0.717) is 17.4 Å². The van der Waals surface area contributed by atoms with Crippen LogP contribution in [0.25, 0.3) is 0 Å². The molecule has 9 heteroatoms. The molecule has 0 amide bonds. The highest BCUT2D eigenvalue weighted by atomic mass is 31.2. The minimum atomic E-state index is -4.32. The van der Waals surface area contributed by atoms with Gasteiger partial charge in [0.1, 0.15) is 19.8 Å². The summed E-state index contributed by atoms with van der Waals surface area (Å²) >= 11 is 0. The van der Waals surface area contributed by atoms with Crippen molar-refractivity contribution in [2.45, 2.75) is 180 Å². The van der Waals surface area contributed by atoms with E-state index in [1.54, 1.807) is 6.26 Å². The molecule has 0 fully saturated rings. The minimum Gasteiger partial charge on any atom is -0.498 e. The van der Waals surface area contributed by atoms with E-state index in [2.05, 4.69) is 74.6 Å². The lowest BCUT2D eigenvalue weighted by atomic mass is 10.0. The minimum absolute atomic E-state index is 0.0139. The summed E-state index contributed by atoms with van der Waals surface area (Å²) in [6.07, 6.45) is 57.4. The van der Waals surface area contributed by atoms with E-state index in [1.807, 2.05) is 39.4 Å². The largest absolute Gasteiger partial charge is 0.498 e. The number of unbranched alkanes of at least 4 members (excludes halogenated alkanes) is 16. The van der Waals surface area contributed by atoms with Crippen LogP contribution >= 0.6 is 7.82 Å². The van der Waals surface area contributed by atoms with Gasteiger partial charge in [-0.25, -0.2) is 4.57 Å². The molecule has 0 aliphatic heterocycles. The number of rotatable bonds is 42. The number of nitrogens with zero attached hydrogens (tertiary/aromatic N) is 1. The van der Waals surface area contributed by atoms with Gasteiger partial charge in [0.2, 0.25) is 0 Å². The standard InChI is InChI=1S/C50H88NO7P/c1-6-8-10-12-14-16-18-20-22-24-26-27-29-31-33-35-37-39-41-43-50(52)58-49(48-57-59(53,54)56-46-44-51(3,4)5)47-55-45-42-40-38-36-34-32-30-28-25-23-21-19-17-15-13-11-9-7-2/h8,10,14,16,20,22,26-27,31,33,37,39,42,45,49H,6-7,9,11-13,15,17-19,21,23-25,28-30,32,34-36,38,40-41,43-44,46-48H2,1-5H3/p+1/b10-8-,16-14-,22-20-,27-26-,33-31-,39-37-,45-42-/t49-/m1/s1. The Morgan fingerprint density at radius 3 is 1.46 bits per heavy atom. The summed E-state index contributed by atoms with van der Waals surface area (Å²) in [4.78, 5) is 22.9. The first kappa shape index (κ1) is 56.5. The fourth-order valence-electron chi connectivity index (χ4n) is 5.96. The Kier molecular flexibility index (Phi) is 40.4. The molecule has 0 aliphatic carbocycles. The van der Waals surface area contributed by atoms with Crippen molar-refractivity contribution in [1.82, 2.24) is 0 Å². The van der Waals surface area contributed by atoms with E-state index in [4.69, 9.17) is 18.5 Å². The zero-order chi connectivity index (χ0) is 43.4. The number of carbonyl (C=O) groups excluding carboxylic acids is 1. The Bertz CT molecular complexity index is 1210. The first-order chi connectivity index (χ1) is 28.6. The zero-order valence-electron chi connectivity index (χ0n) is 38.5. The lowest BCUT2D eigenvalue weighted by Crippen LogP contribution is -2.37. The van der Waals surface area contributed by atoms with Crippen molar-refractivity contribution in [2.24, 2.45) is 0 Å². The van der Waals surface area contributed by atoms with Crippen molar-refractivity contribution in [1.29, 1.82) is 0 Å². The number of likely N-dealkylation sites (N-methyl/N-ethyl adjacent to an activating group) is 1. The number of carbonyl (C=O) groups is 1. The topological polar surface area (TPSA) is 91.3 Å². The van der Waals surface area contributed by atoms with Gasteiger partial charge in [-0.15, -0.1) is 0 Å². The zero-order valence-corrected chi connectivity index (χ0v) is 39.4. The van der Waals surface area contributed by atoms with Crippen molar-refractivity contribution in [3.05, 3.63) is 85.3 Å². The fraction of sp³-hybridized carbons (Fsp3) is 0.700. The predicted octanol–water partition coefficient (Wildman–Crippen LogP) is 14.4. The summed E-state index contributed by atoms with van der Waals surface area (Å²) in [5.41, 5.74) is 0. The van der Waals surface area contributed by atoms with Gasteiger partial charge < -0.3 is 18.9 Å². The average molecular weight is 847 g/mol. The number of esters is 1. The first-order valence-corrected chi connectivity index (χ1v) is 24.9. The summed E-state index contributed by atoms with van der Waals surface area (Å²) < 4.78 is 34.7. The van der Waals surface area contributed by atoms with Crippen LogP contribution in [0, 0.1) is 0 Å². The molecular weight excluding hydrogens is 758 g/mol. The Morgan fingerprint density at radius 2 is 1.00 bits per heavy atom. The highest BCUT2D eigenvalue weighted by Gasteiger charge is 2.26. The van der Waals surface area contributed by atoms with Crippen molar-refractivity contribution < 1.29 is 37.3 Å². The van der Waals surface area contributed by atoms with Crippen LogP contribution in [-0.4, -0.2) is 69.0 Å². The molecule has 340 valence electrons. The van der Waals surface area contributed by atoms with Gasteiger partial charge in [0.15, 0.2) is 6.10 Å². The van der Waals surface area contributed by atoms with Crippen LogP contribution in [0.1, 0.15) is 174 Å². The van der Waals surface area contributed by atoms with Crippen LogP contribution in [0.2, 0.25) is 0 Å². The number of hydrogen-bond donors (Lipinski definition) is 1. The van der Waals surface area contributed by atoms with Crippen LogP contribution in [0.3, 0.4) is 0 Å². The second-order valence-corrected chi connectivity index (χ2v) is 17.9. The SMILES string of the molecule is CC/C=C\C/C=C\C/C=C\C/C=C\C/C=C\C/C=C\CCC(=O)O[C@H](CO/C=C\CCCCCCCCCCCCCCCCCC)COP(=O)(O)OCC[N+](C)(C)C. The van der Waals surface area contributed by atoms with Crippen LogP contribution < -0.4 is 0 Å². The maximum atomic E-state index is 12.7. The first-order valence-electron chi connectivity index (χ1n) is 23.4. The molecule has 0 heterocycles. The molecule has 0 spiro atoms. The van der Waals surface area contributed by atoms with Crippen molar-refractivity contribution >= 4 is 13.8 Å². The van der Waals surface area contributed by atoms with E-state index >= 15 is 0 Å². The Morgan fingerprint density at radius 1 is 0.559 bits per heavy atom. The summed E-state index contributed by atoms with van der Waals surface area (Å²) in [6.45, 7) is 4.73. The normalized spacial score (nSPS) is 14.4. The van der Waals surface area contributed by atoms with E-state index in [1.165, 1.54) is 96.3 Å². The van der Waals surface area contributed by atoms with Gasteiger partial charge in [-0.05, 0) is 63.9 Å². The van der Waals surface area contributed by atoms with Gasteiger partial charge in [0, 0.05) is 6.42 Å². The molecule has 0 saturated carbocycles. The van der Waals surface area contributed by atoms with Gasteiger partial charge >= 0.3 is 13.8 Å². The van der Waals surface area contributed by atoms with Crippen LogP contribution in [0.15, 0.2) is 85.3 Å². The van der Waals surface area contributed by atoms with Gasteiger partial charge in [-0.3, -0.25) is 13.8 Å². The Balaban J connectivity index is 4.39. The predicted molar refractivity (Wildman–Crippen MR) is 251 cm³/mol. The molecule has 8 nitrogen and oxygen atoms in total. The molecule has 59 heavy (non-hydrogen) atoms. The highest BCUT2D eigenvalue weighted by molar-refractivity contribution is 7.47. The maximum absolute atomic E-state index is 12.7. The summed E-state index contributed by atoms with van der Waals surface area (Å²) in [5, 5.41) is 0. The average Bonchev–Trinajstić information content (AvgIpc) is 3.19. The number of ether oxygens (including phenoxy) is 2. The number of phosphoric acid groups is 1. The van der Waals surface area contributed by atoms with Crippen LogP contribution in [0.4, 0.5) is 0 Å². The third-order valence-corrected chi connectivity index (χ3v) is 10.5. The van der Waals surface area contributed by atoms with E-state index in [0.717, 1.165) is 51.4 Å². The maximum Gasteiger partial charge on any atom is 0.472 e. The molecule has 2 atom stereocenters. The van der Waals surface area contributed by atoms with Gasteiger partial charge in [0.05, 0.1) is 34.0 Å². The monoisotopic (exact) mass is 847 g/mol. The van der Waals surface area contributed by atoms with Crippen molar-refractivity contribution in [3.8, 4) is 0 Å². The number of phosphoric ester groups is 1. The number of allylic oxidation sites excluding steroid dienone is 13.